The quantitative estimate of drug-likeness (QED) is 0.771. The Morgan fingerprint density at radius 3 is 2.69 bits per heavy atom. The highest BCUT2D eigenvalue weighted by atomic mass is 15.3. The first-order valence-electron chi connectivity index (χ1n) is 5.77. The average Bonchev–Trinajstić information content (AvgIpc) is 2.60. The first-order valence-corrected chi connectivity index (χ1v) is 5.77. The van der Waals surface area contributed by atoms with Crippen LogP contribution in [-0.2, 0) is 13.6 Å². The second-order valence-electron chi connectivity index (χ2n) is 4.73. The predicted octanol–water partition coefficient (Wildman–Crippen LogP) is 0.620. The Kier molecular flexibility index (Phi) is 4.89. The Bertz CT molecular complexity index is 307. The predicted molar refractivity (Wildman–Crippen MR) is 64.8 cm³/mol. The lowest BCUT2D eigenvalue weighted by atomic mass is 10.0. The van der Waals surface area contributed by atoms with Gasteiger partial charge in [-0.2, -0.15) is 5.10 Å². The zero-order chi connectivity index (χ0) is 12.1. The molecule has 16 heavy (non-hydrogen) atoms. The van der Waals surface area contributed by atoms with Gasteiger partial charge in [0.15, 0.2) is 0 Å². The van der Waals surface area contributed by atoms with Gasteiger partial charge in [-0.05, 0) is 25.9 Å². The number of hydrogen-bond acceptors (Lipinski definition) is 4. The summed E-state index contributed by atoms with van der Waals surface area (Å²) in [6.07, 6.45) is 2.61. The summed E-state index contributed by atoms with van der Waals surface area (Å²) in [5.74, 6) is 1.53. The topological polar surface area (TPSA) is 60.0 Å². The van der Waals surface area contributed by atoms with Crippen molar-refractivity contribution in [3.8, 4) is 0 Å². The van der Waals surface area contributed by atoms with Crippen LogP contribution in [0.2, 0.25) is 0 Å². The lowest BCUT2D eigenvalue weighted by Gasteiger charge is -2.20. The van der Waals surface area contributed by atoms with Crippen LogP contribution in [0, 0.1) is 5.92 Å². The van der Waals surface area contributed by atoms with E-state index in [0.717, 1.165) is 25.3 Å². The van der Waals surface area contributed by atoms with Gasteiger partial charge < -0.3 is 5.73 Å². The van der Waals surface area contributed by atoms with Gasteiger partial charge in [-0.1, -0.05) is 13.8 Å². The molecule has 0 aliphatic rings. The Labute approximate surface area is 97.6 Å². The molecule has 1 aromatic heterocycles. The van der Waals surface area contributed by atoms with E-state index in [2.05, 4.69) is 35.9 Å². The van der Waals surface area contributed by atoms with Crippen LogP contribution in [0.15, 0.2) is 6.33 Å². The van der Waals surface area contributed by atoms with Crippen LogP contribution >= 0.6 is 0 Å². The monoisotopic (exact) mass is 225 g/mol. The van der Waals surface area contributed by atoms with Crippen LogP contribution in [0.3, 0.4) is 0 Å². The lowest BCUT2D eigenvalue weighted by molar-refractivity contribution is 0.286. The minimum Gasteiger partial charge on any atom is -0.327 e. The van der Waals surface area contributed by atoms with Gasteiger partial charge in [-0.3, -0.25) is 9.58 Å². The van der Waals surface area contributed by atoms with Crippen molar-refractivity contribution in [3.05, 3.63) is 12.2 Å². The highest BCUT2D eigenvalue weighted by Gasteiger charge is 2.10. The average molecular weight is 225 g/mol. The van der Waals surface area contributed by atoms with Crippen LogP contribution in [-0.4, -0.2) is 39.3 Å². The van der Waals surface area contributed by atoms with Gasteiger partial charge in [0.2, 0.25) is 0 Å². The lowest BCUT2D eigenvalue weighted by Crippen LogP contribution is -2.32. The molecule has 1 atom stereocenters. The van der Waals surface area contributed by atoms with Crippen LogP contribution < -0.4 is 5.73 Å². The molecule has 0 amide bonds. The van der Waals surface area contributed by atoms with Crippen LogP contribution in [0.1, 0.15) is 26.1 Å². The third-order valence-corrected chi connectivity index (χ3v) is 2.92. The molecule has 0 saturated carbocycles. The molecule has 5 nitrogen and oxygen atoms in total. The highest BCUT2D eigenvalue weighted by molar-refractivity contribution is 4.82. The van der Waals surface area contributed by atoms with Gasteiger partial charge in [0.05, 0.1) is 6.54 Å². The van der Waals surface area contributed by atoms with Gasteiger partial charge in [-0.15, -0.1) is 0 Å². The first kappa shape index (κ1) is 13.1. The van der Waals surface area contributed by atoms with Crippen molar-refractivity contribution < 1.29 is 0 Å². The Morgan fingerprint density at radius 2 is 2.19 bits per heavy atom. The number of aromatic nitrogens is 3. The summed E-state index contributed by atoms with van der Waals surface area (Å²) in [6.45, 7) is 6.13. The van der Waals surface area contributed by atoms with Crippen LogP contribution in [0.25, 0.3) is 0 Å². The fourth-order valence-electron chi connectivity index (χ4n) is 1.49. The van der Waals surface area contributed by atoms with Crippen molar-refractivity contribution in [2.45, 2.75) is 32.9 Å². The summed E-state index contributed by atoms with van der Waals surface area (Å²) in [4.78, 5) is 6.43. The van der Waals surface area contributed by atoms with Gasteiger partial charge in [0, 0.05) is 13.1 Å². The molecule has 0 saturated heterocycles. The molecule has 1 heterocycles. The number of nitrogens with zero attached hydrogens (tertiary/aromatic N) is 4. The van der Waals surface area contributed by atoms with Crippen molar-refractivity contribution >= 4 is 0 Å². The minimum atomic E-state index is 0.280. The maximum atomic E-state index is 6.01. The van der Waals surface area contributed by atoms with Gasteiger partial charge in [0.25, 0.3) is 0 Å². The second-order valence-corrected chi connectivity index (χ2v) is 4.73. The number of rotatable bonds is 6. The summed E-state index contributed by atoms with van der Waals surface area (Å²) < 4.78 is 1.80. The molecule has 0 bridgehead atoms. The molecule has 1 unspecified atom stereocenters. The summed E-state index contributed by atoms with van der Waals surface area (Å²) >= 11 is 0. The van der Waals surface area contributed by atoms with Crippen LogP contribution in [0.5, 0.6) is 0 Å². The SMILES string of the molecule is CC(C)C(N)CCN(C)Cc1ncnn1C. The van der Waals surface area contributed by atoms with Crippen molar-refractivity contribution in [1.82, 2.24) is 19.7 Å². The summed E-state index contributed by atoms with van der Waals surface area (Å²) in [6, 6.07) is 0.280. The van der Waals surface area contributed by atoms with E-state index < -0.39 is 0 Å². The third kappa shape index (κ3) is 3.90. The Balaban J connectivity index is 2.31. The molecule has 92 valence electrons. The maximum Gasteiger partial charge on any atom is 0.140 e. The van der Waals surface area contributed by atoms with E-state index in [1.807, 2.05) is 7.05 Å². The summed E-state index contributed by atoms with van der Waals surface area (Å²) in [7, 11) is 4.00. The standard InChI is InChI=1S/C11H23N5/c1-9(2)10(12)5-6-15(3)7-11-13-8-14-16(11)4/h8-10H,5-7,12H2,1-4H3. The zero-order valence-electron chi connectivity index (χ0n) is 10.7. The number of hydrogen-bond donors (Lipinski definition) is 1. The van der Waals surface area contributed by atoms with Gasteiger partial charge >= 0.3 is 0 Å². The molecule has 0 aromatic carbocycles. The largest absolute Gasteiger partial charge is 0.327 e. The molecule has 1 rings (SSSR count). The second kappa shape index (κ2) is 5.96. The molecular formula is C11H23N5. The molecule has 0 fully saturated rings. The fraction of sp³-hybridized carbons (Fsp3) is 0.818. The smallest absolute Gasteiger partial charge is 0.140 e. The van der Waals surface area contributed by atoms with E-state index in [1.165, 1.54) is 0 Å². The van der Waals surface area contributed by atoms with Crippen molar-refractivity contribution in [2.24, 2.45) is 18.7 Å². The van der Waals surface area contributed by atoms with E-state index in [0.29, 0.717) is 5.92 Å². The van der Waals surface area contributed by atoms with Gasteiger partial charge in [0.1, 0.15) is 12.2 Å². The van der Waals surface area contributed by atoms with E-state index in [4.69, 9.17) is 5.73 Å². The molecule has 0 spiro atoms. The molecule has 0 aliphatic carbocycles. The molecule has 0 radical (unpaired) electrons. The zero-order valence-corrected chi connectivity index (χ0v) is 10.7. The van der Waals surface area contributed by atoms with E-state index in [1.54, 1.807) is 11.0 Å². The maximum absolute atomic E-state index is 6.01. The van der Waals surface area contributed by atoms with E-state index >= 15 is 0 Å². The molecule has 1 aromatic rings. The molecule has 5 heteroatoms. The normalized spacial score (nSPS) is 13.7. The Hall–Kier alpha value is -0.940. The van der Waals surface area contributed by atoms with Crippen molar-refractivity contribution in [1.29, 1.82) is 0 Å². The van der Waals surface area contributed by atoms with Crippen LogP contribution in [0.4, 0.5) is 0 Å². The third-order valence-electron chi connectivity index (χ3n) is 2.92. The van der Waals surface area contributed by atoms with Crippen molar-refractivity contribution in [2.75, 3.05) is 13.6 Å². The van der Waals surface area contributed by atoms with E-state index in [-0.39, 0.29) is 6.04 Å². The minimum absolute atomic E-state index is 0.280. The molecule has 0 aliphatic heterocycles. The van der Waals surface area contributed by atoms with Gasteiger partial charge in [-0.25, -0.2) is 4.98 Å². The van der Waals surface area contributed by atoms with Crippen molar-refractivity contribution in [3.63, 3.8) is 0 Å². The number of nitrogens with two attached hydrogens (primary N) is 1. The summed E-state index contributed by atoms with van der Waals surface area (Å²) in [5, 5.41) is 4.05. The first-order chi connectivity index (χ1) is 7.50. The van der Waals surface area contributed by atoms with E-state index in [9.17, 15) is 0 Å². The Morgan fingerprint density at radius 1 is 1.50 bits per heavy atom. The number of aryl methyl sites for hydroxylation is 1. The highest BCUT2D eigenvalue weighted by Crippen LogP contribution is 2.05. The fourth-order valence-corrected chi connectivity index (χ4v) is 1.49. The molecule has 2 N–H and O–H groups in total. The molecular weight excluding hydrogens is 202 g/mol. The summed E-state index contributed by atoms with van der Waals surface area (Å²) in [5.41, 5.74) is 6.01.